The molecule has 0 aromatic heterocycles. The normalized spacial score (nSPS) is 21.2. The number of aliphatic hydroxyl groups excluding tert-OH is 1. The number of nitrogens with zero attached hydrogens (tertiary/aromatic N) is 1. The maximum atomic E-state index is 13.2. The van der Waals surface area contributed by atoms with Gasteiger partial charge in [-0.2, -0.15) is 0 Å². The van der Waals surface area contributed by atoms with Crippen LogP contribution in [0.2, 0.25) is 0 Å². The Bertz CT molecular complexity index is 1140. The highest BCUT2D eigenvalue weighted by molar-refractivity contribution is 6.08. The molecule has 0 bridgehead atoms. The van der Waals surface area contributed by atoms with Gasteiger partial charge in [0.05, 0.1) is 6.54 Å². The van der Waals surface area contributed by atoms with Gasteiger partial charge in [0, 0.05) is 5.39 Å². The molecule has 3 aromatic rings. The van der Waals surface area contributed by atoms with Gasteiger partial charge in [0.2, 0.25) is 0 Å². The van der Waals surface area contributed by atoms with Gasteiger partial charge in [0.1, 0.15) is 24.0 Å². The molecule has 3 aromatic carbocycles. The van der Waals surface area contributed by atoms with Gasteiger partial charge in [-0.25, -0.2) is 4.79 Å². The minimum absolute atomic E-state index is 0.0192. The van der Waals surface area contributed by atoms with Crippen LogP contribution in [0.3, 0.4) is 0 Å². The van der Waals surface area contributed by atoms with E-state index in [1.807, 2.05) is 66.7 Å². The fourth-order valence-electron chi connectivity index (χ4n) is 4.53. The first-order chi connectivity index (χ1) is 14.6. The number of ether oxygens (including phenoxy) is 1. The third-order valence-corrected chi connectivity index (χ3v) is 6.00. The third kappa shape index (κ3) is 2.92. The summed E-state index contributed by atoms with van der Waals surface area (Å²) in [7, 11) is 0. The Kier molecular flexibility index (Phi) is 4.44. The number of hydrogen-bond acceptors (Lipinski definition) is 4. The molecular formula is C24H22N2O4. The molecule has 6 nitrogen and oxygen atoms in total. The molecule has 1 spiro atoms. The van der Waals surface area contributed by atoms with Crippen LogP contribution in [0.25, 0.3) is 10.8 Å². The first-order valence-electron chi connectivity index (χ1n) is 10.1. The first kappa shape index (κ1) is 18.6. The average molecular weight is 402 g/mol. The zero-order chi connectivity index (χ0) is 20.7. The van der Waals surface area contributed by atoms with Crippen LogP contribution in [0.15, 0.2) is 66.7 Å². The van der Waals surface area contributed by atoms with E-state index in [-0.39, 0.29) is 19.1 Å². The number of urea groups is 1. The number of β-amino-alcohol motifs (C(OH)–C–C–N with tert-alkyl or cyclic N) is 1. The highest BCUT2D eigenvalue weighted by atomic mass is 16.5. The lowest BCUT2D eigenvalue weighted by molar-refractivity contribution is -0.132. The minimum Gasteiger partial charge on any atom is -0.490 e. The minimum atomic E-state index is -1.01. The maximum absolute atomic E-state index is 13.2. The highest BCUT2D eigenvalue weighted by Gasteiger charge is 2.55. The van der Waals surface area contributed by atoms with Gasteiger partial charge >= 0.3 is 6.03 Å². The smallest absolute Gasteiger partial charge is 0.325 e. The lowest BCUT2D eigenvalue weighted by Gasteiger charge is -2.23. The number of aryl methyl sites for hydroxylation is 1. The Morgan fingerprint density at radius 1 is 1.03 bits per heavy atom. The van der Waals surface area contributed by atoms with Crippen LogP contribution in [0.4, 0.5) is 4.79 Å². The van der Waals surface area contributed by atoms with Crippen molar-refractivity contribution in [2.45, 2.75) is 24.5 Å². The molecular weight excluding hydrogens is 380 g/mol. The molecule has 5 rings (SSSR count). The van der Waals surface area contributed by atoms with Crippen molar-refractivity contribution in [1.82, 2.24) is 10.2 Å². The van der Waals surface area contributed by atoms with Crippen LogP contribution in [0.1, 0.15) is 17.5 Å². The standard InChI is InChI=1S/C24H22N2O4/c27-18(15-30-21-11-5-8-16-6-1-3-9-19(16)21)14-26-22(28)24(25-23(26)29)13-12-17-7-2-4-10-20(17)24/h1-11,18,27H,12-15H2,(H,25,29)/t18-,24-/m1/s1. The molecule has 30 heavy (non-hydrogen) atoms. The molecule has 1 aliphatic carbocycles. The summed E-state index contributed by atoms with van der Waals surface area (Å²) in [5.74, 6) is 0.354. The van der Waals surface area contributed by atoms with E-state index in [1.54, 1.807) is 0 Å². The second kappa shape index (κ2) is 7.15. The summed E-state index contributed by atoms with van der Waals surface area (Å²) in [6, 6.07) is 20.8. The average Bonchev–Trinajstić information content (AvgIpc) is 3.25. The van der Waals surface area contributed by atoms with E-state index in [9.17, 15) is 14.7 Å². The molecule has 0 radical (unpaired) electrons. The highest BCUT2D eigenvalue weighted by Crippen LogP contribution is 2.41. The fourth-order valence-corrected chi connectivity index (χ4v) is 4.53. The molecule has 2 aliphatic rings. The van der Waals surface area contributed by atoms with Gasteiger partial charge in [-0.15, -0.1) is 0 Å². The maximum Gasteiger partial charge on any atom is 0.325 e. The molecule has 0 unspecified atom stereocenters. The van der Waals surface area contributed by atoms with Crippen molar-refractivity contribution in [3.05, 3.63) is 77.9 Å². The molecule has 1 heterocycles. The largest absolute Gasteiger partial charge is 0.490 e. The quantitative estimate of drug-likeness (QED) is 0.643. The number of benzene rings is 3. The summed E-state index contributed by atoms with van der Waals surface area (Å²) in [6.45, 7) is -0.131. The van der Waals surface area contributed by atoms with Gasteiger partial charge < -0.3 is 15.2 Å². The van der Waals surface area contributed by atoms with E-state index in [0.717, 1.165) is 33.2 Å². The molecule has 3 amide bonds. The number of imide groups is 1. The molecule has 0 saturated carbocycles. The fraction of sp³-hybridized carbons (Fsp3) is 0.250. The number of hydrogen-bond donors (Lipinski definition) is 2. The van der Waals surface area contributed by atoms with Gasteiger partial charge in [0.25, 0.3) is 5.91 Å². The monoisotopic (exact) mass is 402 g/mol. The van der Waals surface area contributed by atoms with Crippen LogP contribution in [-0.4, -0.2) is 41.2 Å². The summed E-state index contributed by atoms with van der Waals surface area (Å²) < 4.78 is 5.82. The number of nitrogens with one attached hydrogen (secondary N) is 1. The van der Waals surface area contributed by atoms with E-state index >= 15 is 0 Å². The number of fused-ring (bicyclic) bond motifs is 3. The zero-order valence-electron chi connectivity index (χ0n) is 16.4. The zero-order valence-corrected chi connectivity index (χ0v) is 16.4. The lowest BCUT2D eigenvalue weighted by atomic mass is 9.92. The van der Waals surface area contributed by atoms with Crippen molar-refractivity contribution in [1.29, 1.82) is 0 Å². The van der Waals surface area contributed by atoms with Gasteiger partial charge in [-0.3, -0.25) is 9.69 Å². The van der Waals surface area contributed by atoms with Gasteiger partial charge in [-0.1, -0.05) is 60.7 Å². The summed E-state index contributed by atoms with van der Waals surface area (Å²) in [4.78, 5) is 26.9. The van der Waals surface area contributed by atoms with E-state index in [0.29, 0.717) is 12.2 Å². The van der Waals surface area contributed by atoms with Crippen molar-refractivity contribution < 1.29 is 19.4 Å². The van der Waals surface area contributed by atoms with E-state index in [1.165, 1.54) is 0 Å². The van der Waals surface area contributed by atoms with Crippen LogP contribution in [-0.2, 0) is 16.8 Å². The number of aliphatic hydroxyl groups is 1. The summed E-state index contributed by atoms with van der Waals surface area (Å²) in [5, 5.41) is 15.4. The predicted molar refractivity (Wildman–Crippen MR) is 112 cm³/mol. The Balaban J connectivity index is 1.29. The molecule has 152 valence electrons. The number of carbonyl (C=O) groups excluding carboxylic acids is 2. The van der Waals surface area contributed by atoms with Crippen LogP contribution in [0.5, 0.6) is 5.75 Å². The predicted octanol–water partition coefficient (Wildman–Crippen LogP) is 2.97. The Labute approximate surface area is 174 Å². The summed E-state index contributed by atoms with van der Waals surface area (Å²) >= 11 is 0. The van der Waals surface area contributed by atoms with Crippen LogP contribution < -0.4 is 10.1 Å². The van der Waals surface area contributed by atoms with Crippen molar-refractivity contribution in [3.8, 4) is 5.75 Å². The second-order valence-corrected chi connectivity index (χ2v) is 7.85. The van der Waals surface area contributed by atoms with Gasteiger partial charge in [-0.05, 0) is 35.4 Å². The first-order valence-corrected chi connectivity index (χ1v) is 10.1. The molecule has 1 aliphatic heterocycles. The van der Waals surface area contributed by atoms with E-state index < -0.39 is 17.7 Å². The number of amides is 3. The molecule has 1 saturated heterocycles. The van der Waals surface area contributed by atoms with Crippen molar-refractivity contribution >= 4 is 22.7 Å². The second-order valence-electron chi connectivity index (χ2n) is 7.85. The molecule has 2 N–H and O–H groups in total. The van der Waals surface area contributed by atoms with Crippen LogP contribution >= 0.6 is 0 Å². The molecule has 6 heteroatoms. The summed E-state index contributed by atoms with van der Waals surface area (Å²) in [5.41, 5.74) is 0.921. The Hall–Kier alpha value is -3.38. The van der Waals surface area contributed by atoms with Gasteiger partial charge in [0.15, 0.2) is 0 Å². The lowest BCUT2D eigenvalue weighted by Crippen LogP contribution is -2.43. The topological polar surface area (TPSA) is 78.9 Å². The Morgan fingerprint density at radius 2 is 1.80 bits per heavy atom. The molecule has 2 atom stereocenters. The number of rotatable bonds is 5. The van der Waals surface area contributed by atoms with E-state index in [2.05, 4.69) is 5.32 Å². The third-order valence-electron chi connectivity index (χ3n) is 6.00. The molecule has 1 fully saturated rings. The number of carbonyl (C=O) groups is 2. The SMILES string of the molecule is O=C1N[C@@]2(CCc3ccccc32)C(=O)N1C[C@@H](O)COc1cccc2ccccc12. The van der Waals surface area contributed by atoms with Crippen LogP contribution in [0, 0.1) is 0 Å². The van der Waals surface area contributed by atoms with E-state index in [4.69, 9.17) is 4.74 Å². The van der Waals surface area contributed by atoms with Crippen molar-refractivity contribution in [2.24, 2.45) is 0 Å². The van der Waals surface area contributed by atoms with Crippen molar-refractivity contribution in [3.63, 3.8) is 0 Å². The Morgan fingerprint density at radius 3 is 2.70 bits per heavy atom. The van der Waals surface area contributed by atoms with Crippen molar-refractivity contribution in [2.75, 3.05) is 13.2 Å². The summed E-state index contributed by atoms with van der Waals surface area (Å²) in [6.07, 6.45) is 0.282.